The SMILES string of the molecule is CCn1nc(C)c(CCC(C)(C)CCn2nc(C)cc2C(=O)O)c1C(=O)O. The molecule has 2 heterocycles. The highest BCUT2D eigenvalue weighted by Crippen LogP contribution is 2.29. The molecule has 8 nitrogen and oxygen atoms in total. The maximum absolute atomic E-state index is 11.6. The van der Waals surface area contributed by atoms with E-state index in [4.69, 9.17) is 0 Å². The molecule has 0 saturated heterocycles. The van der Waals surface area contributed by atoms with Gasteiger partial charge in [-0.1, -0.05) is 13.8 Å². The van der Waals surface area contributed by atoms with Gasteiger partial charge in [0.15, 0.2) is 0 Å². The van der Waals surface area contributed by atoms with Crippen LogP contribution in [0.4, 0.5) is 0 Å². The summed E-state index contributed by atoms with van der Waals surface area (Å²) in [5.41, 5.74) is 2.56. The largest absolute Gasteiger partial charge is 0.477 e. The van der Waals surface area contributed by atoms with E-state index in [1.54, 1.807) is 13.0 Å². The van der Waals surface area contributed by atoms with E-state index in [2.05, 4.69) is 24.0 Å². The topological polar surface area (TPSA) is 110 Å². The van der Waals surface area contributed by atoms with Gasteiger partial charge in [0.05, 0.1) is 11.4 Å². The van der Waals surface area contributed by atoms with E-state index in [1.807, 2.05) is 13.8 Å². The van der Waals surface area contributed by atoms with Crippen molar-refractivity contribution in [2.45, 2.75) is 67.0 Å². The molecule has 0 aliphatic rings. The molecule has 0 radical (unpaired) electrons. The average molecular weight is 376 g/mol. The number of carboxylic acid groups (broad SMARTS) is 2. The molecular weight excluding hydrogens is 348 g/mol. The van der Waals surface area contributed by atoms with Crippen molar-refractivity contribution < 1.29 is 19.8 Å². The highest BCUT2D eigenvalue weighted by atomic mass is 16.4. The second-order valence-corrected chi connectivity index (χ2v) is 7.65. The molecule has 0 fully saturated rings. The average Bonchev–Trinajstić information content (AvgIpc) is 3.11. The van der Waals surface area contributed by atoms with Crippen molar-refractivity contribution in [3.63, 3.8) is 0 Å². The van der Waals surface area contributed by atoms with Gasteiger partial charge >= 0.3 is 11.9 Å². The fraction of sp³-hybridized carbons (Fsp3) is 0.579. The first-order chi connectivity index (χ1) is 12.6. The minimum atomic E-state index is -0.984. The predicted molar refractivity (Wildman–Crippen MR) is 100 cm³/mol. The molecule has 0 aliphatic heterocycles. The summed E-state index contributed by atoms with van der Waals surface area (Å²) >= 11 is 0. The van der Waals surface area contributed by atoms with Crippen LogP contribution in [0.5, 0.6) is 0 Å². The lowest BCUT2D eigenvalue weighted by Crippen LogP contribution is -2.19. The van der Waals surface area contributed by atoms with Gasteiger partial charge < -0.3 is 10.2 Å². The van der Waals surface area contributed by atoms with E-state index < -0.39 is 11.9 Å². The van der Waals surface area contributed by atoms with Crippen LogP contribution in [-0.2, 0) is 19.5 Å². The molecule has 148 valence electrons. The number of hydrogen-bond donors (Lipinski definition) is 2. The maximum Gasteiger partial charge on any atom is 0.354 e. The Balaban J connectivity index is 2.09. The summed E-state index contributed by atoms with van der Waals surface area (Å²) in [5.74, 6) is -1.94. The smallest absolute Gasteiger partial charge is 0.354 e. The number of aromatic carboxylic acids is 2. The van der Waals surface area contributed by atoms with Crippen molar-refractivity contribution in [3.05, 3.63) is 34.4 Å². The summed E-state index contributed by atoms with van der Waals surface area (Å²) in [4.78, 5) is 22.9. The van der Waals surface area contributed by atoms with E-state index in [0.29, 0.717) is 25.2 Å². The molecule has 0 bridgehead atoms. The van der Waals surface area contributed by atoms with E-state index >= 15 is 0 Å². The van der Waals surface area contributed by atoms with Crippen molar-refractivity contribution >= 4 is 11.9 Å². The molecular formula is C19H28N4O4. The molecule has 2 aromatic rings. The van der Waals surface area contributed by atoms with Crippen LogP contribution in [0, 0.1) is 19.3 Å². The predicted octanol–water partition coefficient (Wildman–Crippen LogP) is 3.16. The van der Waals surface area contributed by atoms with Crippen molar-refractivity contribution in [3.8, 4) is 0 Å². The molecule has 0 spiro atoms. The Morgan fingerprint density at radius 3 is 2.30 bits per heavy atom. The fourth-order valence-electron chi connectivity index (χ4n) is 3.27. The Hall–Kier alpha value is -2.64. The van der Waals surface area contributed by atoms with Crippen LogP contribution in [0.1, 0.15) is 71.5 Å². The summed E-state index contributed by atoms with van der Waals surface area (Å²) in [7, 11) is 0. The number of aromatic nitrogens is 4. The maximum atomic E-state index is 11.6. The van der Waals surface area contributed by atoms with Gasteiger partial charge in [0.2, 0.25) is 0 Å². The third-order valence-electron chi connectivity index (χ3n) is 4.93. The zero-order valence-electron chi connectivity index (χ0n) is 16.6. The molecule has 0 aromatic carbocycles. The summed E-state index contributed by atoms with van der Waals surface area (Å²) in [5, 5.41) is 27.4. The highest BCUT2D eigenvalue weighted by molar-refractivity contribution is 5.87. The normalized spacial score (nSPS) is 11.7. The first-order valence-electron chi connectivity index (χ1n) is 9.13. The first-order valence-corrected chi connectivity index (χ1v) is 9.13. The number of carboxylic acids is 2. The number of rotatable bonds is 9. The van der Waals surface area contributed by atoms with Crippen molar-refractivity contribution in [1.82, 2.24) is 19.6 Å². The summed E-state index contributed by atoms with van der Waals surface area (Å²) in [6.07, 6.45) is 2.12. The Kier molecular flexibility index (Phi) is 6.08. The standard InChI is InChI=1S/C19H28N4O4/c1-6-22-16(18(26)27)14(13(3)21-22)7-8-19(4,5)9-10-23-15(17(24)25)11-12(2)20-23/h11H,6-10H2,1-5H3,(H,24,25)(H,26,27). The monoisotopic (exact) mass is 376 g/mol. The molecule has 0 aliphatic carbocycles. The molecule has 0 unspecified atom stereocenters. The van der Waals surface area contributed by atoms with Crippen molar-refractivity contribution in [1.29, 1.82) is 0 Å². The fourth-order valence-corrected chi connectivity index (χ4v) is 3.27. The van der Waals surface area contributed by atoms with E-state index in [-0.39, 0.29) is 16.8 Å². The van der Waals surface area contributed by atoms with E-state index in [0.717, 1.165) is 24.1 Å². The molecule has 2 N–H and O–H groups in total. The molecule has 0 atom stereocenters. The Morgan fingerprint density at radius 2 is 1.74 bits per heavy atom. The first kappa shape index (κ1) is 20.7. The third-order valence-corrected chi connectivity index (χ3v) is 4.93. The summed E-state index contributed by atoms with van der Waals surface area (Å²) < 4.78 is 3.06. The van der Waals surface area contributed by atoms with Gasteiger partial charge in [-0.3, -0.25) is 9.36 Å². The molecule has 27 heavy (non-hydrogen) atoms. The quantitative estimate of drug-likeness (QED) is 0.695. The van der Waals surface area contributed by atoms with Crippen LogP contribution in [0.15, 0.2) is 6.07 Å². The molecule has 0 saturated carbocycles. The van der Waals surface area contributed by atoms with Gasteiger partial charge in [0.1, 0.15) is 11.4 Å². The Labute approximate surface area is 158 Å². The highest BCUT2D eigenvalue weighted by Gasteiger charge is 2.25. The van der Waals surface area contributed by atoms with Crippen LogP contribution >= 0.6 is 0 Å². The van der Waals surface area contributed by atoms with Crippen LogP contribution in [0.3, 0.4) is 0 Å². The minimum absolute atomic E-state index is 0.105. The second-order valence-electron chi connectivity index (χ2n) is 7.65. The molecule has 2 aromatic heterocycles. The lowest BCUT2D eigenvalue weighted by atomic mass is 9.83. The summed E-state index contributed by atoms with van der Waals surface area (Å²) in [6, 6.07) is 1.57. The number of nitrogens with zero attached hydrogens (tertiary/aromatic N) is 4. The van der Waals surface area contributed by atoms with Crippen LogP contribution in [0.2, 0.25) is 0 Å². The van der Waals surface area contributed by atoms with E-state index in [9.17, 15) is 19.8 Å². The lowest BCUT2D eigenvalue weighted by Gasteiger charge is -2.25. The zero-order valence-corrected chi connectivity index (χ0v) is 16.6. The molecule has 2 rings (SSSR count). The Morgan fingerprint density at radius 1 is 1.07 bits per heavy atom. The van der Waals surface area contributed by atoms with Crippen molar-refractivity contribution in [2.75, 3.05) is 0 Å². The minimum Gasteiger partial charge on any atom is -0.477 e. The van der Waals surface area contributed by atoms with Crippen LogP contribution < -0.4 is 0 Å². The zero-order chi connectivity index (χ0) is 20.4. The lowest BCUT2D eigenvalue weighted by molar-refractivity contribution is 0.0671. The molecule has 0 amide bonds. The van der Waals surface area contributed by atoms with Gasteiger partial charge in [-0.05, 0) is 51.5 Å². The summed E-state index contributed by atoms with van der Waals surface area (Å²) in [6.45, 7) is 10.7. The van der Waals surface area contributed by atoms with Gasteiger partial charge in [0, 0.05) is 18.7 Å². The van der Waals surface area contributed by atoms with Gasteiger partial charge in [-0.15, -0.1) is 0 Å². The van der Waals surface area contributed by atoms with E-state index in [1.165, 1.54) is 9.36 Å². The van der Waals surface area contributed by atoms with Gasteiger partial charge in [-0.25, -0.2) is 9.59 Å². The number of aryl methyl sites for hydroxylation is 4. The second kappa shape index (κ2) is 7.94. The molecule has 8 heteroatoms. The van der Waals surface area contributed by atoms with Crippen molar-refractivity contribution in [2.24, 2.45) is 5.41 Å². The van der Waals surface area contributed by atoms with Crippen LogP contribution in [0.25, 0.3) is 0 Å². The number of hydrogen-bond acceptors (Lipinski definition) is 4. The number of carbonyl (C=O) groups is 2. The Bertz CT molecular complexity index is 848. The van der Waals surface area contributed by atoms with Crippen LogP contribution in [-0.4, -0.2) is 41.7 Å². The third kappa shape index (κ3) is 4.75. The van der Waals surface area contributed by atoms with Gasteiger partial charge in [-0.2, -0.15) is 10.2 Å². The van der Waals surface area contributed by atoms with Gasteiger partial charge in [0.25, 0.3) is 0 Å².